The Kier molecular flexibility index (Phi) is 12.0. The second-order valence-electron chi connectivity index (χ2n) is 21.8. The van der Waals surface area contributed by atoms with Gasteiger partial charge in [-0.05, 0) is 162 Å². The quantitative estimate of drug-likeness (QED) is 0.137. The van der Waals surface area contributed by atoms with Crippen LogP contribution in [0.15, 0.2) is 250 Å². The summed E-state index contributed by atoms with van der Waals surface area (Å²) < 4.78 is 13.3. The van der Waals surface area contributed by atoms with Gasteiger partial charge in [-0.15, -0.1) is 0 Å². The molecule has 6 aromatic carbocycles. The Morgan fingerprint density at radius 2 is 1.52 bits per heavy atom. The summed E-state index contributed by atoms with van der Waals surface area (Å²) in [6.45, 7) is 6.53. The van der Waals surface area contributed by atoms with Gasteiger partial charge in [0.2, 0.25) is 0 Å². The van der Waals surface area contributed by atoms with Gasteiger partial charge in [0.05, 0.1) is 11.5 Å². The molecule has 14 rings (SSSR count). The fraction of sp³-hybridized carbons (Fsp3) is 0.189. The van der Waals surface area contributed by atoms with E-state index in [4.69, 9.17) is 8.83 Å². The average Bonchev–Trinajstić information content (AvgIpc) is 4.36. The van der Waals surface area contributed by atoms with E-state index in [0.717, 1.165) is 113 Å². The summed E-state index contributed by atoms with van der Waals surface area (Å²) in [5.41, 5.74) is 22.0. The SMILES string of the molecule is C=c1c2c(o/c1=C/C=C\C)C(C1=CCC(N(C3=CC=CCC3c3cccc(-c4ccc5c(c4)C4=C(C=CCC4)C5(C4=CCCC=C4)c4ccccc4)c3)c3cccc(-c4cccc5c4oc4ccccc45)c3)C=C1)CCC2. The molecule has 8 aromatic rings. The molecule has 77 heavy (non-hydrogen) atoms. The topological polar surface area (TPSA) is 29.5 Å². The fourth-order valence-electron chi connectivity index (χ4n) is 14.0. The maximum absolute atomic E-state index is 6.66. The van der Waals surface area contributed by atoms with Crippen molar-refractivity contribution in [1.82, 2.24) is 0 Å². The highest BCUT2D eigenvalue weighted by Crippen LogP contribution is 2.58. The number of hydrogen-bond donors (Lipinski definition) is 0. The van der Waals surface area contributed by atoms with Crippen molar-refractivity contribution >= 4 is 45.9 Å². The van der Waals surface area contributed by atoms with Crippen LogP contribution in [0.25, 0.3) is 62.4 Å². The van der Waals surface area contributed by atoms with E-state index in [1.807, 2.05) is 13.0 Å². The van der Waals surface area contributed by atoms with Crippen LogP contribution in [0.4, 0.5) is 5.69 Å². The molecule has 0 bridgehead atoms. The fourth-order valence-corrected chi connectivity index (χ4v) is 14.0. The van der Waals surface area contributed by atoms with Gasteiger partial charge in [0.25, 0.3) is 0 Å². The lowest BCUT2D eigenvalue weighted by Crippen LogP contribution is -2.37. The van der Waals surface area contributed by atoms with Gasteiger partial charge in [-0.1, -0.05) is 195 Å². The van der Waals surface area contributed by atoms with E-state index >= 15 is 0 Å². The van der Waals surface area contributed by atoms with Crippen molar-refractivity contribution in [3.8, 4) is 22.3 Å². The van der Waals surface area contributed by atoms with Crippen molar-refractivity contribution in [1.29, 1.82) is 0 Å². The van der Waals surface area contributed by atoms with Crippen LogP contribution in [0.3, 0.4) is 0 Å². The predicted octanol–water partition coefficient (Wildman–Crippen LogP) is 17.8. The zero-order valence-corrected chi connectivity index (χ0v) is 43.9. The van der Waals surface area contributed by atoms with Crippen molar-refractivity contribution in [3.63, 3.8) is 0 Å². The standard InChI is InChI=1S/C74H63NO2/c1-3-4-38-70-49(2)59-32-19-33-61(72(59)76-70)50-40-43-57(44-41-50)75(58-28-18-23-54(47-58)62-34-20-35-65-64-31-13-16-39-71(64)77-73(62)65)69-37-15-12-29-60(69)53-22-17-21-51(46-53)52-42-45-68-66(48-52)63-30-11-14-36-67(63)74(68,55-24-7-5-8-25-55)56-26-9-6-10-27-56/h3-5,7-9,12-18,20-28,31,34-43,45-48,57,60-61H,2,6,10-11,19,29-30,32-33,44H2,1H3/b4-3-,70-38+. The Hall–Kier alpha value is -8.40. The molecule has 3 nitrogen and oxygen atoms in total. The van der Waals surface area contributed by atoms with E-state index in [9.17, 15) is 0 Å². The maximum Gasteiger partial charge on any atom is 0.143 e. The van der Waals surface area contributed by atoms with Crippen LogP contribution in [0.1, 0.15) is 104 Å². The van der Waals surface area contributed by atoms with Crippen LogP contribution in [-0.4, -0.2) is 6.04 Å². The van der Waals surface area contributed by atoms with Crippen molar-refractivity contribution in [2.75, 3.05) is 4.90 Å². The number of fused-ring (bicyclic) bond motifs is 6. The van der Waals surface area contributed by atoms with Gasteiger partial charge in [0.15, 0.2) is 0 Å². The number of para-hydroxylation sites is 2. The van der Waals surface area contributed by atoms with Crippen molar-refractivity contribution < 1.29 is 8.83 Å². The molecule has 4 unspecified atom stereocenters. The van der Waals surface area contributed by atoms with Crippen molar-refractivity contribution in [2.24, 2.45) is 0 Å². The van der Waals surface area contributed by atoms with Gasteiger partial charge in [0, 0.05) is 50.3 Å². The van der Waals surface area contributed by atoms with Crippen LogP contribution in [-0.2, 0) is 11.8 Å². The summed E-state index contributed by atoms with van der Waals surface area (Å²) in [4.78, 5) is 2.64. The summed E-state index contributed by atoms with van der Waals surface area (Å²) >= 11 is 0. The minimum atomic E-state index is -0.333. The Balaban J connectivity index is 0.853. The molecule has 0 amide bonds. The molecule has 0 aliphatic heterocycles. The molecule has 0 saturated carbocycles. The average molecular weight is 998 g/mol. The van der Waals surface area contributed by atoms with E-state index in [1.54, 1.807) is 0 Å². The van der Waals surface area contributed by atoms with Gasteiger partial charge in [-0.25, -0.2) is 0 Å². The third-order valence-corrected chi connectivity index (χ3v) is 17.5. The number of allylic oxidation sites excluding steroid dienone is 16. The van der Waals surface area contributed by atoms with Crippen molar-refractivity contribution in [2.45, 2.75) is 88.0 Å². The van der Waals surface area contributed by atoms with Gasteiger partial charge >= 0.3 is 0 Å². The second kappa shape index (κ2) is 19.6. The molecule has 376 valence electrons. The lowest BCUT2D eigenvalue weighted by atomic mass is 9.65. The van der Waals surface area contributed by atoms with Gasteiger partial charge in [0.1, 0.15) is 22.3 Å². The number of benzene rings is 6. The minimum Gasteiger partial charge on any atom is -0.460 e. The zero-order valence-electron chi connectivity index (χ0n) is 43.9. The van der Waals surface area contributed by atoms with E-state index < -0.39 is 0 Å². The smallest absolute Gasteiger partial charge is 0.143 e. The lowest BCUT2D eigenvalue weighted by Gasteiger charge is -2.40. The molecule has 4 atom stereocenters. The summed E-state index contributed by atoms with van der Waals surface area (Å²) in [5, 5.41) is 3.32. The third-order valence-electron chi connectivity index (χ3n) is 17.5. The highest BCUT2D eigenvalue weighted by atomic mass is 16.3. The molecule has 6 aliphatic rings. The molecular formula is C74H63NO2. The maximum atomic E-state index is 6.66. The van der Waals surface area contributed by atoms with Gasteiger partial charge in [-0.2, -0.15) is 0 Å². The Bertz CT molecular complexity index is 4080. The molecule has 2 aromatic heterocycles. The molecule has 6 aliphatic carbocycles. The van der Waals surface area contributed by atoms with Gasteiger partial charge < -0.3 is 13.7 Å². The molecular weight excluding hydrogens is 935 g/mol. The zero-order chi connectivity index (χ0) is 51.5. The van der Waals surface area contributed by atoms with Crippen LogP contribution < -0.4 is 15.5 Å². The molecule has 0 N–H and O–H groups in total. The normalized spacial score (nSPS) is 21.9. The van der Waals surface area contributed by atoms with E-state index in [1.165, 1.54) is 66.9 Å². The van der Waals surface area contributed by atoms with Gasteiger partial charge in [-0.3, -0.25) is 0 Å². The summed E-state index contributed by atoms with van der Waals surface area (Å²) in [6, 6.07) is 52.3. The number of hydrogen-bond acceptors (Lipinski definition) is 3. The molecule has 0 spiro atoms. The van der Waals surface area contributed by atoms with Crippen LogP contribution in [0.5, 0.6) is 0 Å². The third kappa shape index (κ3) is 7.92. The molecule has 0 radical (unpaired) electrons. The summed E-state index contributed by atoms with van der Waals surface area (Å²) in [7, 11) is 0. The van der Waals surface area contributed by atoms with Crippen LogP contribution in [0, 0.1) is 0 Å². The van der Waals surface area contributed by atoms with Crippen LogP contribution in [0.2, 0.25) is 0 Å². The van der Waals surface area contributed by atoms with Crippen LogP contribution >= 0.6 is 0 Å². The second-order valence-corrected chi connectivity index (χ2v) is 21.8. The summed E-state index contributed by atoms with van der Waals surface area (Å²) in [6.07, 6.45) is 41.9. The minimum absolute atomic E-state index is 0.0730. The number of furan rings is 2. The highest BCUT2D eigenvalue weighted by Gasteiger charge is 2.48. The Morgan fingerprint density at radius 1 is 0.675 bits per heavy atom. The molecule has 0 saturated heterocycles. The monoisotopic (exact) mass is 997 g/mol. The first kappa shape index (κ1) is 47.1. The van der Waals surface area contributed by atoms with E-state index in [-0.39, 0.29) is 23.3 Å². The predicted molar refractivity (Wildman–Crippen MR) is 321 cm³/mol. The Morgan fingerprint density at radius 3 is 2.40 bits per heavy atom. The lowest BCUT2D eigenvalue weighted by molar-refractivity contribution is 0.427. The first-order chi connectivity index (χ1) is 38.1. The molecule has 2 heterocycles. The number of rotatable bonds is 10. The molecule has 3 heteroatoms. The first-order valence-electron chi connectivity index (χ1n) is 28.1. The van der Waals surface area contributed by atoms with E-state index in [0.29, 0.717) is 0 Å². The number of nitrogens with zero attached hydrogens (tertiary/aromatic N) is 1. The van der Waals surface area contributed by atoms with E-state index in [2.05, 4.69) is 230 Å². The molecule has 0 fully saturated rings. The van der Waals surface area contributed by atoms with Crippen molar-refractivity contribution in [3.05, 3.63) is 285 Å². The first-order valence-corrected chi connectivity index (χ1v) is 28.1. The summed E-state index contributed by atoms with van der Waals surface area (Å²) in [5.74, 6) is 1.43. The highest BCUT2D eigenvalue weighted by molar-refractivity contribution is 6.09. The number of anilines is 1. The largest absolute Gasteiger partial charge is 0.460 e. The Labute approximate surface area is 452 Å².